The lowest BCUT2D eigenvalue weighted by molar-refractivity contribution is -0.126. The molecule has 0 unspecified atom stereocenters. The molecule has 2 aromatic rings. The molecule has 0 saturated carbocycles. The van der Waals surface area contributed by atoms with E-state index in [9.17, 15) is 4.79 Å². The summed E-state index contributed by atoms with van der Waals surface area (Å²) >= 11 is 0. The number of carbonyl (C=O) groups excluding carboxylic acids is 1. The van der Waals surface area contributed by atoms with Gasteiger partial charge in [0, 0.05) is 38.9 Å². The number of benzene rings is 2. The molecule has 0 aliphatic carbocycles. The van der Waals surface area contributed by atoms with Gasteiger partial charge in [-0.05, 0) is 42.5 Å². The Morgan fingerprint density at radius 1 is 1.17 bits per heavy atom. The number of likely N-dealkylation sites (tertiary alicyclic amines) is 1. The van der Waals surface area contributed by atoms with Crippen molar-refractivity contribution in [1.82, 2.24) is 10.2 Å². The van der Waals surface area contributed by atoms with Crippen LogP contribution in [0.25, 0.3) is 10.8 Å². The fraction of sp³-hybridized carbons (Fsp3) is 0.542. The highest BCUT2D eigenvalue weighted by Crippen LogP contribution is 2.39. The number of carbonyl (C=O) groups is 1. The van der Waals surface area contributed by atoms with Crippen LogP contribution in [0.2, 0.25) is 0 Å². The van der Waals surface area contributed by atoms with Gasteiger partial charge in [-0.1, -0.05) is 30.3 Å². The van der Waals surface area contributed by atoms with Crippen LogP contribution in [0.1, 0.15) is 31.2 Å². The van der Waals surface area contributed by atoms with Crippen LogP contribution in [0.5, 0.6) is 5.75 Å². The van der Waals surface area contributed by atoms with E-state index in [0.29, 0.717) is 6.54 Å². The molecule has 0 aromatic heterocycles. The van der Waals surface area contributed by atoms with E-state index in [1.165, 1.54) is 23.4 Å². The molecule has 1 amide bonds. The number of piperidine rings is 1. The predicted molar refractivity (Wildman–Crippen MR) is 117 cm³/mol. The van der Waals surface area contributed by atoms with Crippen molar-refractivity contribution < 1.29 is 19.0 Å². The smallest absolute Gasteiger partial charge is 0.246 e. The van der Waals surface area contributed by atoms with Crippen molar-refractivity contribution in [2.45, 2.75) is 43.9 Å². The van der Waals surface area contributed by atoms with Gasteiger partial charge in [0.1, 0.15) is 12.4 Å². The molecule has 4 rings (SSSR count). The monoisotopic (exact) mass is 412 g/mol. The molecular weight excluding hydrogens is 380 g/mol. The summed E-state index contributed by atoms with van der Waals surface area (Å²) in [5, 5.41) is 5.42. The van der Waals surface area contributed by atoms with Crippen molar-refractivity contribution >= 4 is 16.7 Å². The maximum atomic E-state index is 11.6. The summed E-state index contributed by atoms with van der Waals surface area (Å²) in [6.45, 7) is 3.58. The number of fused-ring (bicyclic) bond motifs is 1. The Labute approximate surface area is 178 Å². The third-order valence-electron chi connectivity index (χ3n) is 6.51. The molecule has 162 valence electrons. The summed E-state index contributed by atoms with van der Waals surface area (Å²) in [5.74, 6) is 0.874. The first-order valence-electron chi connectivity index (χ1n) is 10.8. The molecule has 6 heteroatoms. The zero-order valence-electron chi connectivity index (χ0n) is 18.0. The van der Waals surface area contributed by atoms with Crippen LogP contribution in [-0.4, -0.2) is 63.0 Å². The second-order valence-corrected chi connectivity index (χ2v) is 8.44. The number of nitrogens with one attached hydrogen (secondary N) is 1. The Balaban J connectivity index is 1.35. The highest BCUT2D eigenvalue weighted by atomic mass is 16.5. The highest BCUT2D eigenvalue weighted by molar-refractivity contribution is 5.87. The van der Waals surface area contributed by atoms with Gasteiger partial charge in [0.25, 0.3) is 0 Å². The van der Waals surface area contributed by atoms with Crippen LogP contribution in [-0.2, 0) is 20.8 Å². The fourth-order valence-corrected chi connectivity index (χ4v) is 4.83. The quantitative estimate of drug-likeness (QED) is 0.757. The lowest BCUT2D eigenvalue weighted by Crippen LogP contribution is -2.45. The molecule has 2 heterocycles. The van der Waals surface area contributed by atoms with E-state index in [0.717, 1.165) is 51.1 Å². The molecule has 30 heavy (non-hydrogen) atoms. The molecule has 2 aliphatic heterocycles. The van der Waals surface area contributed by atoms with E-state index in [4.69, 9.17) is 14.2 Å². The minimum Gasteiger partial charge on any atom is -0.496 e. The third-order valence-corrected chi connectivity index (χ3v) is 6.51. The third kappa shape index (κ3) is 4.61. The SMILES string of the molecule is COCC(=O)NC[C@H]1CCC2(CCN(Cc3c(OC)ccc4ccccc34)CC2)O1. The summed E-state index contributed by atoms with van der Waals surface area (Å²) in [7, 11) is 3.28. The van der Waals surface area contributed by atoms with Crippen LogP contribution >= 0.6 is 0 Å². The van der Waals surface area contributed by atoms with Gasteiger partial charge in [0.2, 0.25) is 5.91 Å². The number of ether oxygens (including phenoxy) is 3. The van der Waals surface area contributed by atoms with Gasteiger partial charge in [-0.25, -0.2) is 0 Å². The first-order chi connectivity index (χ1) is 14.6. The lowest BCUT2D eigenvalue weighted by Gasteiger charge is -2.39. The first-order valence-corrected chi connectivity index (χ1v) is 10.8. The van der Waals surface area contributed by atoms with E-state index in [1.54, 1.807) is 7.11 Å². The van der Waals surface area contributed by atoms with Crippen molar-refractivity contribution in [3.05, 3.63) is 42.0 Å². The summed E-state index contributed by atoms with van der Waals surface area (Å²) in [6.07, 6.45) is 4.24. The standard InChI is InChI=1S/C24H32N2O4/c1-28-17-23(27)25-15-19-9-10-24(30-19)11-13-26(14-12-24)16-21-20-6-4-3-5-18(20)7-8-22(21)29-2/h3-8,19H,9-17H2,1-2H3,(H,25,27)/t19-/m1/s1. The first kappa shape index (κ1) is 21.1. The van der Waals surface area contributed by atoms with E-state index < -0.39 is 0 Å². The normalized spacial score (nSPS) is 21.2. The van der Waals surface area contributed by atoms with Crippen LogP contribution < -0.4 is 10.1 Å². The molecule has 2 saturated heterocycles. The Bertz CT molecular complexity index is 877. The van der Waals surface area contributed by atoms with Gasteiger partial charge in [0.15, 0.2) is 0 Å². The van der Waals surface area contributed by atoms with Gasteiger partial charge in [-0.3, -0.25) is 9.69 Å². The molecular formula is C24H32N2O4. The van der Waals surface area contributed by atoms with E-state index in [-0.39, 0.29) is 24.2 Å². The summed E-state index contributed by atoms with van der Waals surface area (Å²) in [5.41, 5.74) is 1.23. The average molecular weight is 413 g/mol. The Morgan fingerprint density at radius 2 is 1.97 bits per heavy atom. The zero-order chi connectivity index (χ0) is 21.0. The molecule has 1 N–H and O–H groups in total. The van der Waals surface area contributed by atoms with E-state index in [1.807, 2.05) is 0 Å². The van der Waals surface area contributed by atoms with Crippen molar-refractivity contribution in [1.29, 1.82) is 0 Å². The summed E-state index contributed by atoms with van der Waals surface area (Å²) < 4.78 is 17.0. The Kier molecular flexibility index (Phi) is 6.56. The second-order valence-electron chi connectivity index (χ2n) is 8.44. The number of methoxy groups -OCH3 is 2. The van der Waals surface area contributed by atoms with Crippen molar-refractivity contribution in [2.24, 2.45) is 0 Å². The van der Waals surface area contributed by atoms with Gasteiger partial charge in [-0.2, -0.15) is 0 Å². The Hall–Kier alpha value is -2.15. The molecule has 1 atom stereocenters. The van der Waals surface area contributed by atoms with Crippen LogP contribution in [0.3, 0.4) is 0 Å². The molecule has 1 spiro atoms. The topological polar surface area (TPSA) is 60.0 Å². The summed E-state index contributed by atoms with van der Waals surface area (Å²) in [6, 6.07) is 12.7. The predicted octanol–water partition coefficient (Wildman–Crippen LogP) is 3.12. The minimum absolute atomic E-state index is 0.0318. The maximum Gasteiger partial charge on any atom is 0.246 e. The molecule has 0 radical (unpaired) electrons. The molecule has 0 bridgehead atoms. The van der Waals surface area contributed by atoms with Crippen LogP contribution in [0, 0.1) is 0 Å². The van der Waals surface area contributed by atoms with Crippen molar-refractivity contribution in [3.8, 4) is 5.75 Å². The zero-order valence-corrected chi connectivity index (χ0v) is 18.0. The van der Waals surface area contributed by atoms with Gasteiger partial charge in [-0.15, -0.1) is 0 Å². The van der Waals surface area contributed by atoms with Gasteiger partial charge >= 0.3 is 0 Å². The van der Waals surface area contributed by atoms with Crippen molar-refractivity contribution in [3.63, 3.8) is 0 Å². The summed E-state index contributed by atoms with van der Waals surface area (Å²) in [4.78, 5) is 14.1. The second kappa shape index (κ2) is 9.33. The molecule has 2 aliphatic rings. The van der Waals surface area contributed by atoms with Crippen LogP contribution in [0.4, 0.5) is 0 Å². The number of nitrogens with zero attached hydrogens (tertiary/aromatic N) is 1. The number of hydrogen-bond donors (Lipinski definition) is 1. The molecule has 2 aromatic carbocycles. The average Bonchev–Trinajstić information content (AvgIpc) is 3.17. The van der Waals surface area contributed by atoms with E-state index >= 15 is 0 Å². The largest absolute Gasteiger partial charge is 0.496 e. The number of rotatable bonds is 7. The van der Waals surface area contributed by atoms with E-state index in [2.05, 4.69) is 46.6 Å². The number of hydrogen-bond acceptors (Lipinski definition) is 5. The molecule has 6 nitrogen and oxygen atoms in total. The fourth-order valence-electron chi connectivity index (χ4n) is 4.83. The minimum atomic E-state index is -0.0825. The maximum absolute atomic E-state index is 11.6. The van der Waals surface area contributed by atoms with Gasteiger partial charge in [0.05, 0.1) is 18.8 Å². The Morgan fingerprint density at radius 3 is 2.73 bits per heavy atom. The van der Waals surface area contributed by atoms with Gasteiger partial charge < -0.3 is 19.5 Å². The van der Waals surface area contributed by atoms with Crippen molar-refractivity contribution in [2.75, 3.05) is 40.5 Å². The lowest BCUT2D eigenvalue weighted by atomic mass is 9.88. The molecule has 2 fully saturated rings. The highest BCUT2D eigenvalue weighted by Gasteiger charge is 2.42. The number of amides is 1. The van der Waals surface area contributed by atoms with Crippen LogP contribution in [0.15, 0.2) is 36.4 Å².